The second-order valence-electron chi connectivity index (χ2n) is 7.77. The third-order valence-corrected chi connectivity index (χ3v) is 5.43. The van der Waals surface area contributed by atoms with Gasteiger partial charge in [0.2, 0.25) is 5.91 Å². The number of carbonyl (C=O) groups excluding carboxylic acids is 1. The lowest BCUT2D eigenvalue weighted by Gasteiger charge is -2.33. The first kappa shape index (κ1) is 22.5. The number of aromatic nitrogens is 2. The van der Waals surface area contributed by atoms with Gasteiger partial charge in [-0.2, -0.15) is 17.9 Å². The molecule has 1 saturated heterocycles. The molecule has 1 fully saturated rings. The number of benzene rings is 2. The Morgan fingerprint density at radius 1 is 1.06 bits per heavy atom. The molecule has 0 aliphatic carbocycles. The first-order chi connectivity index (χ1) is 15.7. The highest BCUT2D eigenvalue weighted by atomic mass is 19.4. The summed E-state index contributed by atoms with van der Waals surface area (Å²) in [6.45, 7) is 0.890. The molecule has 4 rings (SSSR count). The Morgan fingerprint density at radius 2 is 1.82 bits per heavy atom. The zero-order valence-corrected chi connectivity index (χ0v) is 17.3. The Balaban J connectivity index is 1.50. The Hall–Kier alpha value is -3.69. The number of hydrogen-bond acceptors (Lipinski definition) is 4. The Morgan fingerprint density at radius 3 is 2.55 bits per heavy atom. The summed E-state index contributed by atoms with van der Waals surface area (Å²) in [5.41, 5.74) is -0.743. The molecule has 2 aromatic carbocycles. The van der Waals surface area contributed by atoms with E-state index in [0.29, 0.717) is 37.4 Å². The molecule has 1 amide bonds. The molecule has 1 N–H and O–H groups in total. The van der Waals surface area contributed by atoms with Crippen molar-refractivity contribution in [3.8, 4) is 5.69 Å². The predicted molar refractivity (Wildman–Crippen MR) is 115 cm³/mol. The number of halogens is 4. The van der Waals surface area contributed by atoms with E-state index >= 15 is 0 Å². The van der Waals surface area contributed by atoms with Gasteiger partial charge in [0.25, 0.3) is 5.56 Å². The molecule has 1 aliphatic rings. The number of nitrogens with zero attached hydrogens (tertiary/aromatic N) is 3. The first-order valence-corrected chi connectivity index (χ1v) is 10.3. The van der Waals surface area contributed by atoms with Crippen molar-refractivity contribution in [2.45, 2.75) is 19.0 Å². The maximum atomic E-state index is 13.2. The van der Waals surface area contributed by atoms with E-state index in [-0.39, 0.29) is 17.2 Å². The van der Waals surface area contributed by atoms with Gasteiger partial charge in [0.1, 0.15) is 11.6 Å². The van der Waals surface area contributed by atoms with E-state index in [4.69, 9.17) is 0 Å². The van der Waals surface area contributed by atoms with Gasteiger partial charge in [-0.05, 0) is 61.4 Å². The average Bonchev–Trinajstić information content (AvgIpc) is 2.80. The van der Waals surface area contributed by atoms with Gasteiger partial charge >= 0.3 is 6.18 Å². The van der Waals surface area contributed by atoms with Crippen LogP contribution in [0.1, 0.15) is 18.4 Å². The maximum absolute atomic E-state index is 13.2. The van der Waals surface area contributed by atoms with Crippen molar-refractivity contribution in [2.24, 2.45) is 5.92 Å². The van der Waals surface area contributed by atoms with Crippen LogP contribution in [0.25, 0.3) is 5.69 Å². The normalized spacial score (nSPS) is 16.5. The molecule has 1 aliphatic heterocycles. The van der Waals surface area contributed by atoms with Crippen molar-refractivity contribution in [3.63, 3.8) is 0 Å². The molecule has 0 saturated carbocycles. The van der Waals surface area contributed by atoms with Crippen LogP contribution in [0, 0.1) is 11.7 Å². The van der Waals surface area contributed by atoms with Crippen molar-refractivity contribution in [3.05, 3.63) is 82.4 Å². The lowest BCUT2D eigenvalue weighted by atomic mass is 9.97. The Labute approximate surface area is 186 Å². The van der Waals surface area contributed by atoms with Gasteiger partial charge in [-0.25, -0.2) is 4.39 Å². The van der Waals surface area contributed by atoms with Gasteiger partial charge in [0, 0.05) is 24.8 Å². The van der Waals surface area contributed by atoms with Crippen molar-refractivity contribution in [1.29, 1.82) is 0 Å². The Kier molecular flexibility index (Phi) is 6.17. The van der Waals surface area contributed by atoms with Crippen molar-refractivity contribution in [2.75, 3.05) is 23.3 Å². The predicted octanol–water partition coefficient (Wildman–Crippen LogP) is 4.25. The van der Waals surface area contributed by atoms with E-state index in [2.05, 4.69) is 10.4 Å². The molecule has 0 spiro atoms. The molecular formula is C23H20F4N4O2. The summed E-state index contributed by atoms with van der Waals surface area (Å²) in [4.78, 5) is 26.9. The second-order valence-corrected chi connectivity index (χ2v) is 7.77. The smallest absolute Gasteiger partial charge is 0.354 e. The van der Waals surface area contributed by atoms with Crippen LogP contribution in [0.3, 0.4) is 0 Å². The maximum Gasteiger partial charge on any atom is 0.416 e. The molecule has 3 aromatic rings. The zero-order valence-electron chi connectivity index (χ0n) is 17.3. The summed E-state index contributed by atoms with van der Waals surface area (Å²) in [7, 11) is 0. The van der Waals surface area contributed by atoms with Gasteiger partial charge in [-0.1, -0.05) is 6.07 Å². The average molecular weight is 460 g/mol. The van der Waals surface area contributed by atoms with Crippen molar-refractivity contribution < 1.29 is 22.4 Å². The van der Waals surface area contributed by atoms with Crippen LogP contribution in [0.2, 0.25) is 0 Å². The number of rotatable bonds is 4. The lowest BCUT2D eigenvalue weighted by Crippen LogP contribution is -2.41. The molecule has 1 atom stereocenters. The molecule has 0 bridgehead atoms. The van der Waals surface area contributed by atoms with Crippen LogP contribution in [0.15, 0.2) is 65.5 Å². The summed E-state index contributed by atoms with van der Waals surface area (Å²) in [5, 5.41) is 6.93. The topological polar surface area (TPSA) is 67.2 Å². The Bertz CT molecular complexity index is 1210. The summed E-state index contributed by atoms with van der Waals surface area (Å²) in [6.07, 6.45) is -3.27. The number of amides is 1. The fraction of sp³-hybridized carbons (Fsp3) is 0.261. The molecule has 2 heterocycles. The first-order valence-electron chi connectivity index (χ1n) is 10.3. The number of piperidine rings is 1. The van der Waals surface area contributed by atoms with E-state index in [1.54, 1.807) is 6.07 Å². The van der Waals surface area contributed by atoms with E-state index in [1.807, 2.05) is 4.90 Å². The van der Waals surface area contributed by atoms with Crippen LogP contribution in [-0.4, -0.2) is 28.8 Å². The lowest BCUT2D eigenvalue weighted by molar-refractivity contribution is -0.137. The molecule has 0 unspecified atom stereocenters. The van der Waals surface area contributed by atoms with Crippen LogP contribution >= 0.6 is 0 Å². The fourth-order valence-corrected chi connectivity index (χ4v) is 3.75. The number of carbonyl (C=O) groups is 1. The van der Waals surface area contributed by atoms with Gasteiger partial charge in [-0.3, -0.25) is 9.59 Å². The zero-order chi connectivity index (χ0) is 23.6. The number of nitrogens with one attached hydrogen (secondary N) is 1. The highest BCUT2D eigenvalue weighted by molar-refractivity contribution is 5.93. The molecule has 172 valence electrons. The van der Waals surface area contributed by atoms with E-state index in [1.165, 1.54) is 42.5 Å². The van der Waals surface area contributed by atoms with Gasteiger partial charge in [-0.15, -0.1) is 5.10 Å². The van der Waals surface area contributed by atoms with E-state index in [0.717, 1.165) is 16.8 Å². The summed E-state index contributed by atoms with van der Waals surface area (Å²) >= 11 is 0. The molecule has 1 aromatic heterocycles. The third kappa shape index (κ3) is 5.21. The third-order valence-electron chi connectivity index (χ3n) is 5.43. The number of anilines is 2. The molecule has 33 heavy (non-hydrogen) atoms. The second kappa shape index (κ2) is 9.05. The number of hydrogen-bond donors (Lipinski definition) is 1. The fourth-order valence-electron chi connectivity index (χ4n) is 3.75. The van der Waals surface area contributed by atoms with Crippen molar-refractivity contribution >= 4 is 17.4 Å². The highest BCUT2D eigenvalue weighted by Crippen LogP contribution is 2.31. The molecule has 10 heteroatoms. The summed E-state index contributed by atoms with van der Waals surface area (Å²) < 4.78 is 53.2. The van der Waals surface area contributed by atoms with E-state index < -0.39 is 23.5 Å². The van der Waals surface area contributed by atoms with Crippen LogP contribution in [-0.2, 0) is 11.0 Å². The van der Waals surface area contributed by atoms with Gasteiger partial charge in [0.05, 0.1) is 17.2 Å². The largest absolute Gasteiger partial charge is 0.416 e. The minimum atomic E-state index is -4.50. The summed E-state index contributed by atoms with van der Waals surface area (Å²) in [5.74, 6) is -0.823. The van der Waals surface area contributed by atoms with Gasteiger partial charge in [0.15, 0.2) is 0 Å². The monoisotopic (exact) mass is 460 g/mol. The quantitative estimate of drug-likeness (QED) is 0.592. The highest BCUT2D eigenvalue weighted by Gasteiger charge is 2.31. The van der Waals surface area contributed by atoms with Crippen LogP contribution < -0.4 is 15.8 Å². The summed E-state index contributed by atoms with van der Waals surface area (Å²) in [6, 6.07) is 12.7. The van der Waals surface area contributed by atoms with Crippen molar-refractivity contribution in [1.82, 2.24) is 9.78 Å². The van der Waals surface area contributed by atoms with E-state index in [9.17, 15) is 27.2 Å². The minimum absolute atomic E-state index is 0.0786. The molecule has 6 nitrogen and oxygen atoms in total. The number of alkyl halides is 3. The SMILES string of the molecule is O=C(Nc1cccc(C(F)(F)F)c1)[C@H]1CCCN(c2ccc(=O)n(-c3ccc(F)cc3)n2)C1. The van der Waals surface area contributed by atoms with Crippen LogP contribution in [0.5, 0.6) is 0 Å². The molecular weight excluding hydrogens is 440 g/mol. The standard InChI is InChI=1S/C23H20F4N4O2/c24-17-6-8-19(9-7-17)31-21(32)11-10-20(29-31)30-12-2-3-15(14-30)22(33)28-18-5-1-4-16(13-18)23(25,26)27/h1,4-11,13,15H,2-3,12,14H2,(H,28,33)/t15-/m0/s1. The van der Waals surface area contributed by atoms with Gasteiger partial charge < -0.3 is 10.2 Å². The minimum Gasteiger partial charge on any atom is -0.354 e. The van der Waals surface area contributed by atoms with Crippen LogP contribution in [0.4, 0.5) is 29.1 Å². The molecule has 0 radical (unpaired) electrons.